The normalized spacial score (nSPS) is 20.9. The predicted octanol–water partition coefficient (Wildman–Crippen LogP) is 2.55. The van der Waals surface area contributed by atoms with Crippen molar-refractivity contribution in [1.29, 1.82) is 0 Å². The van der Waals surface area contributed by atoms with Crippen molar-refractivity contribution in [3.05, 3.63) is 24.7 Å². The quantitative estimate of drug-likeness (QED) is 0.204. The van der Waals surface area contributed by atoms with Crippen molar-refractivity contribution in [1.82, 2.24) is 16.0 Å². The second-order valence-corrected chi connectivity index (χ2v) is 10.7. The number of primary amides is 1. The van der Waals surface area contributed by atoms with Gasteiger partial charge in [-0.1, -0.05) is 67.5 Å². The summed E-state index contributed by atoms with van der Waals surface area (Å²) in [5, 5.41) is 9.45. The highest BCUT2D eigenvalue weighted by Crippen LogP contribution is 2.44. The van der Waals surface area contributed by atoms with Gasteiger partial charge in [0.15, 0.2) is 0 Å². The molecular formula is C26H47N5O3. The van der Waals surface area contributed by atoms with E-state index in [9.17, 15) is 14.4 Å². The van der Waals surface area contributed by atoms with Crippen LogP contribution < -0.4 is 27.4 Å². The Labute approximate surface area is 205 Å². The lowest BCUT2D eigenvalue weighted by molar-refractivity contribution is -0.139. The molecule has 0 radical (unpaired) electrons. The predicted molar refractivity (Wildman–Crippen MR) is 137 cm³/mol. The maximum atomic E-state index is 12.9. The smallest absolute Gasteiger partial charge is 0.287 e. The molecule has 6 atom stereocenters. The lowest BCUT2D eigenvalue weighted by Crippen LogP contribution is -2.48. The van der Waals surface area contributed by atoms with E-state index in [4.69, 9.17) is 11.5 Å². The molecule has 1 fully saturated rings. The van der Waals surface area contributed by atoms with Gasteiger partial charge in [-0.25, -0.2) is 0 Å². The molecule has 0 aromatic rings. The Morgan fingerprint density at radius 1 is 1.09 bits per heavy atom. The summed E-state index contributed by atoms with van der Waals surface area (Å²) in [5.41, 5.74) is 11.8. The van der Waals surface area contributed by atoms with Crippen LogP contribution >= 0.6 is 0 Å². The highest BCUT2D eigenvalue weighted by molar-refractivity contribution is 6.37. The largest absolute Gasteiger partial charge is 0.387 e. The van der Waals surface area contributed by atoms with Crippen LogP contribution in [0.5, 0.6) is 0 Å². The minimum atomic E-state index is -1.01. The summed E-state index contributed by atoms with van der Waals surface area (Å²) in [6.45, 7) is 21.0. The average molecular weight is 478 g/mol. The molecule has 0 heterocycles. The Bertz CT molecular complexity index is 764. The minimum Gasteiger partial charge on any atom is -0.387 e. The summed E-state index contributed by atoms with van der Waals surface area (Å²) in [4.78, 5) is 36.7. The number of carbonyl (C=O) groups excluding carboxylic acids is 3. The second kappa shape index (κ2) is 12.8. The van der Waals surface area contributed by atoms with Crippen LogP contribution in [-0.4, -0.2) is 36.2 Å². The van der Waals surface area contributed by atoms with Crippen LogP contribution in [0.1, 0.15) is 73.6 Å². The van der Waals surface area contributed by atoms with Crippen molar-refractivity contribution in [2.45, 2.75) is 85.7 Å². The first-order valence-corrected chi connectivity index (χ1v) is 12.5. The Hall–Kier alpha value is -2.51. The third kappa shape index (κ3) is 8.69. The van der Waals surface area contributed by atoms with Crippen molar-refractivity contribution < 1.29 is 14.4 Å². The van der Waals surface area contributed by atoms with Crippen molar-refractivity contribution in [2.75, 3.05) is 6.54 Å². The van der Waals surface area contributed by atoms with E-state index in [1.807, 2.05) is 13.8 Å². The highest BCUT2D eigenvalue weighted by Gasteiger charge is 2.44. The van der Waals surface area contributed by atoms with Crippen LogP contribution in [-0.2, 0) is 14.4 Å². The Balaban J connectivity index is 2.68. The first-order chi connectivity index (χ1) is 15.7. The number of rotatable bonds is 17. The third-order valence-corrected chi connectivity index (χ3v) is 7.29. The molecule has 194 valence electrons. The SMILES string of the molecule is C=C(N)NC(C(=C)NC[C@@H]1C[C@@H]1C(C)C(=O)NC(CC(C)CCC)C(=O)C(N)=O)C(C)(C)CC. The molecule has 0 aliphatic heterocycles. The van der Waals surface area contributed by atoms with Gasteiger partial charge in [-0.05, 0) is 42.4 Å². The zero-order chi connectivity index (χ0) is 26.2. The zero-order valence-electron chi connectivity index (χ0n) is 22.0. The summed E-state index contributed by atoms with van der Waals surface area (Å²) in [7, 11) is 0. The first kappa shape index (κ1) is 29.5. The van der Waals surface area contributed by atoms with Crippen molar-refractivity contribution in [2.24, 2.45) is 40.6 Å². The zero-order valence-corrected chi connectivity index (χ0v) is 22.0. The van der Waals surface area contributed by atoms with Gasteiger partial charge in [0.1, 0.15) is 0 Å². The van der Waals surface area contributed by atoms with E-state index in [0.29, 0.717) is 24.7 Å². The maximum absolute atomic E-state index is 12.9. The number of carbonyl (C=O) groups is 3. The second-order valence-electron chi connectivity index (χ2n) is 10.7. The molecule has 0 aromatic carbocycles. The van der Waals surface area contributed by atoms with Crippen LogP contribution in [0, 0.1) is 29.1 Å². The van der Waals surface area contributed by atoms with Gasteiger partial charge in [-0.15, -0.1) is 0 Å². The standard InChI is InChI=1S/C26H47N5O3/c1-9-11-15(3)12-21(22(32)24(28)33)31-25(34)16(4)20-13-19(20)14-29-17(5)23(30-18(6)27)26(7,8)10-2/h15-16,19-21,23,29-30H,5-6,9-14,27H2,1-4,7-8H3,(H2,28,33)(H,31,34)/t15?,16?,19-,20+,21?,23?/m0/s1. The van der Waals surface area contributed by atoms with E-state index >= 15 is 0 Å². The van der Waals surface area contributed by atoms with E-state index < -0.39 is 17.7 Å². The van der Waals surface area contributed by atoms with Gasteiger partial charge in [0.25, 0.3) is 5.91 Å². The number of hydrogen-bond donors (Lipinski definition) is 5. The molecule has 4 unspecified atom stereocenters. The fourth-order valence-corrected chi connectivity index (χ4v) is 4.54. The molecule has 2 amide bonds. The summed E-state index contributed by atoms with van der Waals surface area (Å²) in [5.74, 6) is -1.08. The number of nitrogens with one attached hydrogen (secondary N) is 3. The number of ketones is 1. The maximum Gasteiger partial charge on any atom is 0.287 e. The first-order valence-electron chi connectivity index (χ1n) is 12.5. The van der Waals surface area contributed by atoms with Crippen LogP contribution in [0.3, 0.4) is 0 Å². The topological polar surface area (TPSA) is 139 Å². The Morgan fingerprint density at radius 3 is 2.21 bits per heavy atom. The van der Waals surface area contributed by atoms with Gasteiger partial charge in [0.2, 0.25) is 11.7 Å². The molecule has 1 saturated carbocycles. The van der Waals surface area contributed by atoms with Crippen molar-refractivity contribution in [3.63, 3.8) is 0 Å². The van der Waals surface area contributed by atoms with E-state index in [-0.39, 0.29) is 35.1 Å². The molecular weight excluding hydrogens is 430 g/mol. The van der Waals surface area contributed by atoms with E-state index in [1.165, 1.54) is 0 Å². The van der Waals surface area contributed by atoms with E-state index in [1.54, 1.807) is 0 Å². The number of nitrogens with two attached hydrogens (primary N) is 2. The third-order valence-electron chi connectivity index (χ3n) is 7.29. The average Bonchev–Trinajstić information content (AvgIpc) is 3.53. The molecule has 0 aromatic heterocycles. The molecule has 8 heteroatoms. The molecule has 1 aliphatic rings. The van der Waals surface area contributed by atoms with Gasteiger partial charge < -0.3 is 27.4 Å². The fourth-order valence-electron chi connectivity index (χ4n) is 4.54. The van der Waals surface area contributed by atoms with E-state index in [2.05, 4.69) is 56.8 Å². The number of amides is 2. The molecule has 7 N–H and O–H groups in total. The van der Waals surface area contributed by atoms with Gasteiger partial charge in [0, 0.05) is 18.2 Å². The van der Waals surface area contributed by atoms with Gasteiger partial charge in [-0.3, -0.25) is 14.4 Å². The Morgan fingerprint density at radius 2 is 1.71 bits per heavy atom. The molecule has 0 spiro atoms. The molecule has 34 heavy (non-hydrogen) atoms. The summed E-state index contributed by atoms with van der Waals surface area (Å²) in [6, 6.07) is -0.935. The molecule has 0 bridgehead atoms. The fraction of sp³-hybridized carbons (Fsp3) is 0.731. The Kier molecular flexibility index (Phi) is 11.1. The van der Waals surface area contributed by atoms with Crippen LogP contribution in [0.15, 0.2) is 24.7 Å². The van der Waals surface area contributed by atoms with Gasteiger partial charge >= 0.3 is 0 Å². The van der Waals surface area contributed by atoms with Crippen molar-refractivity contribution in [3.8, 4) is 0 Å². The van der Waals surface area contributed by atoms with Crippen LogP contribution in [0.25, 0.3) is 0 Å². The summed E-state index contributed by atoms with van der Waals surface area (Å²) < 4.78 is 0. The molecule has 8 nitrogen and oxygen atoms in total. The summed E-state index contributed by atoms with van der Waals surface area (Å²) in [6.07, 6.45) is 4.14. The molecule has 1 aliphatic carbocycles. The summed E-state index contributed by atoms with van der Waals surface area (Å²) >= 11 is 0. The highest BCUT2D eigenvalue weighted by atomic mass is 16.2. The monoisotopic (exact) mass is 477 g/mol. The molecule has 0 saturated heterocycles. The van der Waals surface area contributed by atoms with Gasteiger partial charge in [-0.2, -0.15) is 0 Å². The number of hydrogen-bond acceptors (Lipinski definition) is 6. The van der Waals surface area contributed by atoms with Crippen molar-refractivity contribution >= 4 is 17.6 Å². The van der Waals surface area contributed by atoms with E-state index in [0.717, 1.165) is 31.4 Å². The lowest BCUT2D eigenvalue weighted by Gasteiger charge is -2.36. The van der Waals surface area contributed by atoms with Crippen LogP contribution in [0.2, 0.25) is 0 Å². The molecule has 1 rings (SSSR count). The minimum absolute atomic E-state index is 0.0700. The van der Waals surface area contributed by atoms with Crippen LogP contribution in [0.4, 0.5) is 0 Å². The number of Topliss-reactive ketones (excluding diaryl/α,β-unsaturated/α-hetero) is 1. The lowest BCUT2D eigenvalue weighted by atomic mass is 9.80. The van der Waals surface area contributed by atoms with Gasteiger partial charge in [0.05, 0.1) is 17.9 Å².